The number of nitrogens with zero attached hydrogens (tertiary/aromatic N) is 4. The summed E-state index contributed by atoms with van der Waals surface area (Å²) in [5.41, 5.74) is 0.901. The Morgan fingerprint density at radius 1 is 1.07 bits per heavy atom. The molecule has 150 valence electrons. The molecule has 7 nitrogen and oxygen atoms in total. The number of fused-ring (bicyclic) bond motifs is 1. The zero-order chi connectivity index (χ0) is 20.2. The molecule has 1 aliphatic heterocycles. The first-order chi connectivity index (χ1) is 14.1. The van der Waals surface area contributed by atoms with Crippen molar-refractivity contribution in [2.45, 2.75) is 19.8 Å². The molecule has 1 saturated heterocycles. The number of aryl methyl sites for hydroxylation is 1. The van der Waals surface area contributed by atoms with E-state index in [-0.39, 0.29) is 24.7 Å². The van der Waals surface area contributed by atoms with Gasteiger partial charge in [-0.25, -0.2) is 4.98 Å². The lowest BCUT2D eigenvalue weighted by Crippen LogP contribution is -2.49. The second-order valence-electron chi connectivity index (χ2n) is 7.09. The number of carbonyl (C=O) groups excluding carboxylic acids is 2. The highest BCUT2D eigenvalue weighted by Gasteiger charge is 2.24. The lowest BCUT2D eigenvalue weighted by molar-refractivity contribution is -0.133. The molecule has 1 aliphatic rings. The van der Waals surface area contributed by atoms with E-state index in [9.17, 15) is 9.59 Å². The minimum atomic E-state index is -0.187. The van der Waals surface area contributed by atoms with Crippen LogP contribution in [0.3, 0.4) is 0 Å². The van der Waals surface area contributed by atoms with Crippen LogP contribution in [-0.4, -0.2) is 52.3 Å². The predicted molar refractivity (Wildman–Crippen MR) is 115 cm³/mol. The van der Waals surface area contributed by atoms with Crippen LogP contribution in [-0.2, 0) is 9.59 Å². The van der Waals surface area contributed by atoms with Crippen LogP contribution in [0.1, 0.15) is 18.4 Å². The van der Waals surface area contributed by atoms with Gasteiger partial charge in [0.15, 0.2) is 0 Å². The van der Waals surface area contributed by atoms with Crippen molar-refractivity contribution in [1.82, 2.24) is 14.3 Å². The predicted octanol–water partition coefficient (Wildman–Crippen LogP) is 3.07. The van der Waals surface area contributed by atoms with Crippen molar-refractivity contribution in [1.29, 1.82) is 0 Å². The standard InChI is InChI=1S/C21H23N5O2S/c1-15-5-4-10-22-20(15)23-18(27)8-9-19(28)25-11-13-26(14-12-25)21-16-6-2-3-7-17(16)29-24-21/h2-7,10H,8-9,11-14H2,1H3,(H,22,23,27). The second-order valence-corrected chi connectivity index (χ2v) is 7.89. The number of carbonyl (C=O) groups is 2. The SMILES string of the molecule is Cc1cccnc1NC(=O)CCC(=O)N1CCN(c2nsc3ccccc23)CC1. The molecule has 2 amide bonds. The monoisotopic (exact) mass is 409 g/mol. The van der Waals surface area contributed by atoms with Crippen molar-refractivity contribution in [3.63, 3.8) is 0 Å². The number of rotatable bonds is 5. The Kier molecular flexibility index (Phi) is 5.71. The van der Waals surface area contributed by atoms with Crippen LogP contribution in [0.4, 0.5) is 11.6 Å². The first kappa shape index (κ1) is 19.3. The molecule has 8 heteroatoms. The summed E-state index contributed by atoms with van der Waals surface area (Å²) in [4.78, 5) is 32.9. The topological polar surface area (TPSA) is 78.4 Å². The van der Waals surface area contributed by atoms with Gasteiger partial charge in [0.1, 0.15) is 11.6 Å². The fourth-order valence-electron chi connectivity index (χ4n) is 3.46. The lowest BCUT2D eigenvalue weighted by Gasteiger charge is -2.35. The molecule has 29 heavy (non-hydrogen) atoms. The minimum Gasteiger partial charge on any atom is -0.352 e. The van der Waals surface area contributed by atoms with Gasteiger partial charge in [-0.15, -0.1) is 0 Å². The summed E-state index contributed by atoms with van der Waals surface area (Å²) in [6, 6.07) is 11.9. The number of amides is 2. The normalized spacial score (nSPS) is 14.2. The van der Waals surface area contributed by atoms with Crippen LogP contribution in [0.2, 0.25) is 0 Å². The van der Waals surface area contributed by atoms with Crippen LogP contribution >= 0.6 is 11.5 Å². The molecule has 0 unspecified atom stereocenters. The number of anilines is 2. The first-order valence-corrected chi connectivity index (χ1v) is 10.5. The molecular formula is C21H23N5O2S. The fourth-order valence-corrected chi connectivity index (χ4v) is 4.25. The number of hydrogen-bond acceptors (Lipinski definition) is 6. The van der Waals surface area contributed by atoms with Crippen LogP contribution in [0, 0.1) is 6.92 Å². The zero-order valence-electron chi connectivity index (χ0n) is 16.3. The summed E-state index contributed by atoms with van der Waals surface area (Å²) in [6.45, 7) is 4.67. The molecule has 0 bridgehead atoms. The van der Waals surface area contributed by atoms with Gasteiger partial charge >= 0.3 is 0 Å². The molecular weight excluding hydrogens is 386 g/mol. The maximum absolute atomic E-state index is 12.5. The van der Waals surface area contributed by atoms with Gasteiger partial charge in [0, 0.05) is 50.6 Å². The number of nitrogens with one attached hydrogen (secondary N) is 1. The van der Waals surface area contributed by atoms with E-state index in [2.05, 4.69) is 31.7 Å². The van der Waals surface area contributed by atoms with E-state index in [0.717, 1.165) is 24.5 Å². The summed E-state index contributed by atoms with van der Waals surface area (Å²) in [5, 5.41) is 3.94. The van der Waals surface area contributed by atoms with Gasteiger partial charge in [0.05, 0.1) is 4.70 Å². The third-order valence-corrected chi connectivity index (χ3v) is 5.94. The van der Waals surface area contributed by atoms with Crippen LogP contribution < -0.4 is 10.2 Å². The number of piperazine rings is 1. The van der Waals surface area contributed by atoms with Crippen molar-refractivity contribution in [2.24, 2.45) is 0 Å². The van der Waals surface area contributed by atoms with Gasteiger partial charge in [-0.2, -0.15) is 4.37 Å². The Morgan fingerprint density at radius 2 is 1.86 bits per heavy atom. The second kappa shape index (κ2) is 8.57. The molecule has 0 radical (unpaired) electrons. The Balaban J connectivity index is 1.27. The summed E-state index contributed by atoms with van der Waals surface area (Å²) >= 11 is 1.51. The van der Waals surface area contributed by atoms with Gasteiger partial charge in [0.2, 0.25) is 11.8 Å². The highest BCUT2D eigenvalue weighted by molar-refractivity contribution is 7.13. The van der Waals surface area contributed by atoms with Crippen LogP contribution in [0.15, 0.2) is 42.6 Å². The maximum Gasteiger partial charge on any atom is 0.226 e. The van der Waals surface area contributed by atoms with E-state index in [1.165, 1.54) is 21.6 Å². The highest BCUT2D eigenvalue weighted by atomic mass is 32.1. The molecule has 1 fully saturated rings. The summed E-state index contributed by atoms with van der Waals surface area (Å²) in [5.74, 6) is 1.38. The Hall–Kier alpha value is -3.00. The molecule has 3 heterocycles. The maximum atomic E-state index is 12.5. The third-order valence-electron chi connectivity index (χ3n) is 5.12. The van der Waals surface area contributed by atoms with E-state index < -0.39 is 0 Å². The molecule has 0 aliphatic carbocycles. The Morgan fingerprint density at radius 3 is 2.66 bits per heavy atom. The number of aromatic nitrogens is 2. The van der Waals surface area contributed by atoms with E-state index in [1.54, 1.807) is 6.20 Å². The van der Waals surface area contributed by atoms with Gasteiger partial charge in [-0.05, 0) is 42.2 Å². The van der Waals surface area contributed by atoms with Crippen molar-refractivity contribution in [2.75, 3.05) is 36.4 Å². The van der Waals surface area contributed by atoms with Gasteiger partial charge < -0.3 is 15.1 Å². The molecule has 1 aromatic carbocycles. The average Bonchev–Trinajstić information content (AvgIpc) is 3.18. The molecule has 0 saturated carbocycles. The first-order valence-electron chi connectivity index (χ1n) is 9.70. The van der Waals surface area contributed by atoms with Crippen molar-refractivity contribution in [3.05, 3.63) is 48.2 Å². The molecule has 3 aromatic rings. The average molecular weight is 410 g/mol. The summed E-state index contributed by atoms with van der Waals surface area (Å²) in [6.07, 6.45) is 2.00. The smallest absolute Gasteiger partial charge is 0.226 e. The molecule has 1 N–H and O–H groups in total. The van der Waals surface area contributed by atoms with Crippen molar-refractivity contribution >= 4 is 45.1 Å². The number of hydrogen-bond donors (Lipinski definition) is 1. The van der Waals surface area contributed by atoms with E-state index in [0.29, 0.717) is 18.9 Å². The van der Waals surface area contributed by atoms with Gasteiger partial charge in [-0.1, -0.05) is 18.2 Å². The molecule has 0 atom stereocenters. The largest absolute Gasteiger partial charge is 0.352 e. The van der Waals surface area contributed by atoms with Crippen LogP contribution in [0.5, 0.6) is 0 Å². The highest BCUT2D eigenvalue weighted by Crippen LogP contribution is 2.29. The quantitative estimate of drug-likeness (QED) is 0.701. The summed E-state index contributed by atoms with van der Waals surface area (Å²) < 4.78 is 5.78. The van der Waals surface area contributed by atoms with Crippen LogP contribution in [0.25, 0.3) is 10.1 Å². The Bertz CT molecular complexity index is 1030. The van der Waals surface area contributed by atoms with E-state index in [1.807, 2.05) is 36.1 Å². The van der Waals surface area contributed by atoms with E-state index in [4.69, 9.17) is 0 Å². The lowest BCUT2D eigenvalue weighted by atomic mass is 10.2. The number of benzene rings is 1. The third kappa shape index (κ3) is 4.37. The molecule has 2 aromatic heterocycles. The van der Waals surface area contributed by atoms with Crippen molar-refractivity contribution in [3.8, 4) is 0 Å². The summed E-state index contributed by atoms with van der Waals surface area (Å²) in [7, 11) is 0. The molecule has 4 rings (SSSR count). The van der Waals surface area contributed by atoms with E-state index >= 15 is 0 Å². The zero-order valence-corrected chi connectivity index (χ0v) is 17.1. The van der Waals surface area contributed by atoms with Crippen molar-refractivity contribution < 1.29 is 9.59 Å². The van der Waals surface area contributed by atoms with Gasteiger partial charge in [0.25, 0.3) is 0 Å². The Labute approximate surface area is 173 Å². The number of pyridine rings is 1. The molecule has 0 spiro atoms. The fraction of sp³-hybridized carbons (Fsp3) is 0.333. The minimum absolute atomic E-state index is 0.0145. The van der Waals surface area contributed by atoms with Gasteiger partial charge in [-0.3, -0.25) is 9.59 Å².